The molecular formula is C9H6ClN3OS. The van der Waals surface area contributed by atoms with Gasteiger partial charge >= 0.3 is 0 Å². The lowest BCUT2D eigenvalue weighted by atomic mass is 10.2. The molecule has 0 N–H and O–H groups in total. The van der Waals surface area contributed by atoms with Gasteiger partial charge in [-0.1, -0.05) is 11.6 Å². The van der Waals surface area contributed by atoms with Crippen LogP contribution in [0.25, 0.3) is 0 Å². The molecule has 0 bridgehead atoms. The number of aldehydes is 1. The van der Waals surface area contributed by atoms with Crippen LogP contribution in [0.2, 0.25) is 5.15 Å². The van der Waals surface area contributed by atoms with Gasteiger partial charge in [-0.25, -0.2) is 15.0 Å². The maximum absolute atomic E-state index is 10.8. The summed E-state index contributed by atoms with van der Waals surface area (Å²) in [7, 11) is 0. The Labute approximate surface area is 95.0 Å². The van der Waals surface area contributed by atoms with Gasteiger partial charge in [0.2, 0.25) is 0 Å². The molecule has 0 fully saturated rings. The number of thiazole rings is 1. The van der Waals surface area contributed by atoms with Crippen LogP contribution in [0.3, 0.4) is 0 Å². The van der Waals surface area contributed by atoms with Crippen LogP contribution in [0.4, 0.5) is 0 Å². The van der Waals surface area contributed by atoms with Crippen molar-refractivity contribution < 1.29 is 4.79 Å². The molecule has 76 valence electrons. The minimum atomic E-state index is 0.187. The SMILES string of the molecule is O=Cc1c(Cl)ncnc1Cc1nccs1. The predicted octanol–water partition coefficient (Wildman–Crippen LogP) is 1.99. The highest BCUT2D eigenvalue weighted by atomic mass is 35.5. The Morgan fingerprint density at radius 1 is 1.40 bits per heavy atom. The Hall–Kier alpha value is -1.33. The zero-order chi connectivity index (χ0) is 10.7. The molecule has 0 saturated heterocycles. The standard InChI is InChI=1S/C9H6ClN3OS/c10-9-6(4-14)7(12-5-13-9)3-8-11-1-2-15-8/h1-2,4-5H,3H2. The summed E-state index contributed by atoms with van der Waals surface area (Å²) >= 11 is 7.28. The van der Waals surface area contributed by atoms with Crippen LogP contribution in [-0.2, 0) is 6.42 Å². The summed E-state index contributed by atoms with van der Waals surface area (Å²) in [6.45, 7) is 0. The number of hydrogen-bond acceptors (Lipinski definition) is 5. The van der Waals surface area contributed by atoms with Gasteiger partial charge in [0.25, 0.3) is 0 Å². The second-order valence-corrected chi connectivity index (χ2v) is 4.08. The molecule has 2 aromatic heterocycles. The Balaban J connectivity index is 2.36. The first-order chi connectivity index (χ1) is 7.31. The molecule has 0 radical (unpaired) electrons. The molecule has 15 heavy (non-hydrogen) atoms. The predicted molar refractivity (Wildman–Crippen MR) is 57.3 cm³/mol. The quantitative estimate of drug-likeness (QED) is 0.607. The van der Waals surface area contributed by atoms with E-state index >= 15 is 0 Å². The number of aromatic nitrogens is 3. The van der Waals surface area contributed by atoms with Crippen molar-refractivity contribution in [2.45, 2.75) is 6.42 Å². The molecule has 0 atom stereocenters. The van der Waals surface area contributed by atoms with E-state index in [1.165, 1.54) is 17.7 Å². The van der Waals surface area contributed by atoms with Crippen LogP contribution >= 0.6 is 22.9 Å². The molecule has 0 unspecified atom stereocenters. The topological polar surface area (TPSA) is 55.7 Å². The van der Waals surface area contributed by atoms with Crippen LogP contribution in [0, 0.1) is 0 Å². The van der Waals surface area contributed by atoms with E-state index in [0.717, 1.165) is 5.01 Å². The molecule has 2 heterocycles. The monoisotopic (exact) mass is 239 g/mol. The largest absolute Gasteiger partial charge is 0.298 e. The van der Waals surface area contributed by atoms with E-state index in [2.05, 4.69) is 15.0 Å². The first-order valence-electron chi connectivity index (χ1n) is 4.14. The van der Waals surface area contributed by atoms with Crippen molar-refractivity contribution in [2.75, 3.05) is 0 Å². The Kier molecular flexibility index (Phi) is 3.03. The zero-order valence-electron chi connectivity index (χ0n) is 7.55. The van der Waals surface area contributed by atoms with Gasteiger partial charge in [0, 0.05) is 18.0 Å². The number of carbonyl (C=O) groups is 1. The van der Waals surface area contributed by atoms with Crippen molar-refractivity contribution in [3.63, 3.8) is 0 Å². The van der Waals surface area contributed by atoms with Crippen molar-refractivity contribution in [3.8, 4) is 0 Å². The van der Waals surface area contributed by atoms with Gasteiger partial charge < -0.3 is 0 Å². The highest BCUT2D eigenvalue weighted by molar-refractivity contribution is 7.09. The summed E-state index contributed by atoms with van der Waals surface area (Å²) in [5, 5.41) is 2.96. The van der Waals surface area contributed by atoms with E-state index in [-0.39, 0.29) is 5.15 Å². The molecule has 2 rings (SSSR count). The van der Waals surface area contributed by atoms with Gasteiger partial charge in [-0.3, -0.25) is 4.79 Å². The number of nitrogens with zero attached hydrogens (tertiary/aromatic N) is 3. The van der Waals surface area contributed by atoms with Crippen molar-refractivity contribution in [1.29, 1.82) is 0 Å². The molecule has 0 aromatic carbocycles. The van der Waals surface area contributed by atoms with Crippen molar-refractivity contribution >= 4 is 29.2 Å². The van der Waals surface area contributed by atoms with Gasteiger partial charge in [0.1, 0.15) is 11.5 Å². The summed E-state index contributed by atoms with van der Waals surface area (Å²) in [6.07, 6.45) is 4.24. The van der Waals surface area contributed by atoms with Crippen LogP contribution in [0.15, 0.2) is 17.9 Å². The van der Waals surface area contributed by atoms with Gasteiger partial charge in [-0.2, -0.15) is 0 Å². The maximum Gasteiger partial charge on any atom is 0.155 e. The number of rotatable bonds is 3. The van der Waals surface area contributed by atoms with Crippen molar-refractivity contribution in [2.24, 2.45) is 0 Å². The lowest BCUT2D eigenvalue weighted by Crippen LogP contribution is -2.00. The average Bonchev–Trinajstić information content (AvgIpc) is 2.71. The fourth-order valence-electron chi connectivity index (χ4n) is 1.15. The molecule has 0 aliphatic rings. The van der Waals surface area contributed by atoms with E-state index < -0.39 is 0 Å². The molecule has 0 aliphatic heterocycles. The maximum atomic E-state index is 10.8. The van der Waals surface area contributed by atoms with Crippen LogP contribution in [0.5, 0.6) is 0 Å². The van der Waals surface area contributed by atoms with Gasteiger partial charge in [0.05, 0.1) is 16.3 Å². The third kappa shape index (κ3) is 2.19. The fourth-order valence-corrected chi connectivity index (χ4v) is 1.97. The minimum Gasteiger partial charge on any atom is -0.298 e. The Morgan fingerprint density at radius 3 is 2.93 bits per heavy atom. The number of hydrogen-bond donors (Lipinski definition) is 0. The molecule has 2 aromatic rings. The van der Waals surface area contributed by atoms with Gasteiger partial charge in [0.15, 0.2) is 6.29 Å². The summed E-state index contributed by atoms with van der Waals surface area (Å²) < 4.78 is 0. The molecule has 0 aliphatic carbocycles. The second kappa shape index (κ2) is 4.46. The summed E-state index contributed by atoms with van der Waals surface area (Å²) in [5.41, 5.74) is 0.953. The fraction of sp³-hybridized carbons (Fsp3) is 0.111. The van der Waals surface area contributed by atoms with Crippen LogP contribution < -0.4 is 0 Å². The first kappa shape index (κ1) is 10.2. The number of carbonyl (C=O) groups excluding carboxylic acids is 1. The molecule has 0 spiro atoms. The highest BCUT2D eigenvalue weighted by Gasteiger charge is 2.10. The number of halogens is 1. The van der Waals surface area contributed by atoms with E-state index in [1.807, 2.05) is 5.38 Å². The summed E-state index contributed by atoms with van der Waals surface area (Å²) in [4.78, 5) is 22.7. The lowest BCUT2D eigenvalue weighted by Gasteiger charge is -2.01. The van der Waals surface area contributed by atoms with Crippen LogP contribution in [-0.4, -0.2) is 21.2 Å². The van der Waals surface area contributed by atoms with E-state index in [9.17, 15) is 4.79 Å². The summed E-state index contributed by atoms with van der Waals surface area (Å²) in [5.74, 6) is 0. The Morgan fingerprint density at radius 2 is 2.27 bits per heavy atom. The van der Waals surface area contributed by atoms with Crippen molar-refractivity contribution in [3.05, 3.63) is 39.3 Å². The zero-order valence-corrected chi connectivity index (χ0v) is 9.13. The lowest BCUT2D eigenvalue weighted by molar-refractivity contribution is 0.112. The van der Waals surface area contributed by atoms with E-state index in [4.69, 9.17) is 11.6 Å². The average molecular weight is 240 g/mol. The van der Waals surface area contributed by atoms with E-state index in [1.54, 1.807) is 6.20 Å². The summed E-state index contributed by atoms with van der Waals surface area (Å²) in [6, 6.07) is 0. The van der Waals surface area contributed by atoms with Crippen molar-refractivity contribution in [1.82, 2.24) is 15.0 Å². The molecule has 6 heteroatoms. The minimum absolute atomic E-state index is 0.187. The Bertz CT molecular complexity index is 472. The smallest absolute Gasteiger partial charge is 0.155 e. The highest BCUT2D eigenvalue weighted by Crippen LogP contribution is 2.17. The molecular weight excluding hydrogens is 234 g/mol. The second-order valence-electron chi connectivity index (χ2n) is 2.75. The third-order valence-corrected chi connectivity index (χ3v) is 2.92. The molecule has 0 amide bonds. The van der Waals surface area contributed by atoms with Crippen LogP contribution in [0.1, 0.15) is 21.1 Å². The molecule has 4 nitrogen and oxygen atoms in total. The molecule has 0 saturated carbocycles. The van der Waals surface area contributed by atoms with Gasteiger partial charge in [-0.05, 0) is 0 Å². The first-order valence-corrected chi connectivity index (χ1v) is 5.40. The normalized spacial score (nSPS) is 10.2. The third-order valence-electron chi connectivity index (χ3n) is 1.84. The van der Waals surface area contributed by atoms with Gasteiger partial charge in [-0.15, -0.1) is 11.3 Å². The van der Waals surface area contributed by atoms with E-state index in [0.29, 0.717) is 24.0 Å².